The van der Waals surface area contributed by atoms with E-state index < -0.39 is 0 Å². The molecular weight excluding hydrogens is 160 g/mol. The van der Waals surface area contributed by atoms with Gasteiger partial charge in [0.05, 0.1) is 0 Å². The highest BCUT2D eigenvalue weighted by Crippen LogP contribution is 2.22. The molecule has 0 spiro atoms. The van der Waals surface area contributed by atoms with E-state index in [2.05, 4.69) is 20.6 Å². The van der Waals surface area contributed by atoms with Gasteiger partial charge in [-0.15, -0.1) is 21.5 Å². The number of rotatable bonds is 1. The lowest BCUT2D eigenvalue weighted by Crippen LogP contribution is -1.78. The molecule has 4 nitrogen and oxygen atoms in total. The largest absolute Gasteiger partial charge is 0.205 e. The van der Waals surface area contributed by atoms with E-state index >= 15 is 0 Å². The maximum Gasteiger partial charge on any atom is 0.205 e. The third-order valence-electron chi connectivity index (χ3n) is 1.45. The van der Waals surface area contributed by atoms with E-state index in [1.165, 1.54) is 4.88 Å². The molecular formula is C6H6N4S. The second-order valence-corrected chi connectivity index (χ2v) is 3.25. The summed E-state index contributed by atoms with van der Waals surface area (Å²) in [5, 5.41) is 15.7. The molecule has 2 aromatic rings. The summed E-state index contributed by atoms with van der Waals surface area (Å²) < 4.78 is 0. The molecule has 0 saturated carbocycles. The second kappa shape index (κ2) is 2.43. The highest BCUT2D eigenvalue weighted by Gasteiger charge is 2.05. The van der Waals surface area contributed by atoms with E-state index in [9.17, 15) is 0 Å². The quantitative estimate of drug-likeness (QED) is 0.693. The van der Waals surface area contributed by atoms with Crippen LogP contribution < -0.4 is 0 Å². The van der Waals surface area contributed by atoms with Crippen molar-refractivity contribution in [3.8, 4) is 11.4 Å². The number of aromatic nitrogens is 4. The van der Waals surface area contributed by atoms with Gasteiger partial charge >= 0.3 is 0 Å². The minimum Gasteiger partial charge on any atom is -0.177 e. The van der Waals surface area contributed by atoms with Gasteiger partial charge in [0.2, 0.25) is 5.82 Å². The van der Waals surface area contributed by atoms with Crippen molar-refractivity contribution < 1.29 is 0 Å². The third-order valence-corrected chi connectivity index (χ3v) is 2.29. The molecule has 0 bridgehead atoms. The normalized spacial score (nSPS) is 10.3. The van der Waals surface area contributed by atoms with Crippen LogP contribution >= 0.6 is 11.3 Å². The standard InChI is InChI=1S/C6H6N4S/c1-4-5(2-3-11-4)6-7-9-10-8-6/h2-3H,1H3,(H,7,8,9,10). The van der Waals surface area contributed by atoms with Crippen molar-refractivity contribution in [2.75, 3.05) is 0 Å². The van der Waals surface area contributed by atoms with Crippen LogP contribution in [0.4, 0.5) is 0 Å². The van der Waals surface area contributed by atoms with Crippen LogP contribution in [0.15, 0.2) is 11.4 Å². The van der Waals surface area contributed by atoms with Gasteiger partial charge in [0, 0.05) is 10.4 Å². The van der Waals surface area contributed by atoms with E-state index in [1.54, 1.807) is 11.3 Å². The summed E-state index contributed by atoms with van der Waals surface area (Å²) in [5.74, 6) is 0.670. The number of thiophene rings is 1. The first kappa shape index (κ1) is 6.48. The Bertz CT molecular complexity index is 337. The molecule has 0 radical (unpaired) electrons. The van der Waals surface area contributed by atoms with Gasteiger partial charge in [0.15, 0.2) is 0 Å². The molecule has 2 heterocycles. The molecule has 0 aliphatic heterocycles. The lowest BCUT2D eigenvalue weighted by atomic mass is 10.2. The highest BCUT2D eigenvalue weighted by molar-refractivity contribution is 7.10. The summed E-state index contributed by atoms with van der Waals surface area (Å²) in [6.45, 7) is 2.04. The first-order chi connectivity index (χ1) is 5.38. The van der Waals surface area contributed by atoms with E-state index in [0.717, 1.165) is 5.56 Å². The molecule has 0 fully saturated rings. The SMILES string of the molecule is Cc1sccc1-c1nn[nH]n1. The number of hydrogen-bond donors (Lipinski definition) is 1. The minimum absolute atomic E-state index is 0.670. The van der Waals surface area contributed by atoms with Crippen molar-refractivity contribution in [1.82, 2.24) is 20.6 Å². The Hall–Kier alpha value is -1.23. The topological polar surface area (TPSA) is 54.5 Å². The van der Waals surface area contributed by atoms with Gasteiger partial charge in [-0.3, -0.25) is 0 Å². The molecule has 2 aromatic heterocycles. The first-order valence-corrected chi connectivity index (χ1v) is 4.04. The molecule has 56 valence electrons. The molecule has 0 aliphatic carbocycles. The smallest absolute Gasteiger partial charge is 0.177 e. The average molecular weight is 166 g/mol. The summed E-state index contributed by atoms with van der Waals surface area (Å²) >= 11 is 1.68. The number of aryl methyl sites for hydroxylation is 1. The van der Waals surface area contributed by atoms with Crippen molar-refractivity contribution >= 4 is 11.3 Å². The van der Waals surface area contributed by atoms with Gasteiger partial charge in [-0.2, -0.15) is 5.21 Å². The maximum atomic E-state index is 3.88. The van der Waals surface area contributed by atoms with E-state index in [4.69, 9.17) is 0 Å². The Labute approximate surface area is 67.3 Å². The number of aromatic amines is 1. The van der Waals surface area contributed by atoms with E-state index in [-0.39, 0.29) is 0 Å². The Morgan fingerprint density at radius 2 is 2.45 bits per heavy atom. The molecule has 11 heavy (non-hydrogen) atoms. The van der Waals surface area contributed by atoms with Crippen LogP contribution in [0.3, 0.4) is 0 Å². The van der Waals surface area contributed by atoms with E-state index in [0.29, 0.717) is 5.82 Å². The molecule has 0 amide bonds. The van der Waals surface area contributed by atoms with Gasteiger partial charge in [-0.05, 0) is 23.6 Å². The summed E-state index contributed by atoms with van der Waals surface area (Å²) in [5.41, 5.74) is 1.06. The summed E-state index contributed by atoms with van der Waals surface area (Å²) in [6, 6.07) is 1.99. The fourth-order valence-corrected chi connectivity index (χ4v) is 1.59. The summed E-state index contributed by atoms with van der Waals surface area (Å²) in [6.07, 6.45) is 0. The van der Waals surface area contributed by atoms with Crippen LogP contribution in [-0.2, 0) is 0 Å². The van der Waals surface area contributed by atoms with Gasteiger partial charge < -0.3 is 0 Å². The molecule has 2 rings (SSSR count). The van der Waals surface area contributed by atoms with Crippen LogP contribution in [0, 0.1) is 6.92 Å². The highest BCUT2D eigenvalue weighted by atomic mass is 32.1. The monoisotopic (exact) mass is 166 g/mol. The Kier molecular flexibility index (Phi) is 1.43. The van der Waals surface area contributed by atoms with Crippen molar-refractivity contribution in [3.63, 3.8) is 0 Å². The minimum atomic E-state index is 0.670. The van der Waals surface area contributed by atoms with Crippen molar-refractivity contribution in [2.24, 2.45) is 0 Å². The molecule has 0 aliphatic rings. The molecule has 0 unspecified atom stereocenters. The zero-order valence-corrected chi connectivity index (χ0v) is 6.72. The molecule has 0 atom stereocenters. The number of H-pyrrole nitrogens is 1. The summed E-state index contributed by atoms with van der Waals surface area (Å²) in [7, 11) is 0. The van der Waals surface area contributed by atoms with Crippen LogP contribution in [0.5, 0.6) is 0 Å². The Morgan fingerprint density at radius 3 is 3.00 bits per heavy atom. The molecule has 0 aromatic carbocycles. The maximum absolute atomic E-state index is 3.88. The number of hydrogen-bond acceptors (Lipinski definition) is 4. The van der Waals surface area contributed by atoms with Crippen LogP contribution in [0.1, 0.15) is 4.88 Å². The fourth-order valence-electron chi connectivity index (χ4n) is 0.893. The fraction of sp³-hybridized carbons (Fsp3) is 0.167. The predicted octanol–water partition coefficient (Wildman–Crippen LogP) is 1.24. The van der Waals surface area contributed by atoms with Gasteiger partial charge in [0.25, 0.3) is 0 Å². The average Bonchev–Trinajstić information content (AvgIpc) is 2.55. The summed E-state index contributed by atoms with van der Waals surface area (Å²) in [4.78, 5) is 1.21. The van der Waals surface area contributed by atoms with Gasteiger partial charge in [-0.1, -0.05) is 0 Å². The van der Waals surface area contributed by atoms with E-state index in [1.807, 2.05) is 18.4 Å². The number of nitrogens with zero attached hydrogens (tertiary/aromatic N) is 3. The zero-order valence-electron chi connectivity index (χ0n) is 5.90. The van der Waals surface area contributed by atoms with Crippen LogP contribution in [0.2, 0.25) is 0 Å². The Balaban J connectivity index is 2.53. The zero-order chi connectivity index (χ0) is 7.68. The van der Waals surface area contributed by atoms with Gasteiger partial charge in [0.1, 0.15) is 0 Å². The molecule has 5 heteroatoms. The lowest BCUT2D eigenvalue weighted by molar-refractivity contribution is 0.881. The molecule has 0 saturated heterocycles. The van der Waals surface area contributed by atoms with Crippen LogP contribution in [0.25, 0.3) is 11.4 Å². The van der Waals surface area contributed by atoms with Gasteiger partial charge in [-0.25, -0.2) is 0 Å². The van der Waals surface area contributed by atoms with Crippen molar-refractivity contribution in [3.05, 3.63) is 16.3 Å². The predicted molar refractivity (Wildman–Crippen MR) is 42.2 cm³/mol. The third kappa shape index (κ3) is 1.03. The van der Waals surface area contributed by atoms with Crippen molar-refractivity contribution in [2.45, 2.75) is 6.92 Å². The second-order valence-electron chi connectivity index (χ2n) is 2.13. The number of nitrogens with one attached hydrogen (secondary N) is 1. The van der Waals surface area contributed by atoms with Crippen molar-refractivity contribution in [1.29, 1.82) is 0 Å². The lowest BCUT2D eigenvalue weighted by Gasteiger charge is -1.87. The molecule has 1 N–H and O–H groups in total. The number of tetrazole rings is 1. The first-order valence-electron chi connectivity index (χ1n) is 3.16. The van der Waals surface area contributed by atoms with Crippen LogP contribution in [-0.4, -0.2) is 20.6 Å². The Morgan fingerprint density at radius 1 is 1.55 bits per heavy atom.